The Bertz CT molecular complexity index is 630. The first-order valence-corrected chi connectivity index (χ1v) is 8.20. The maximum absolute atomic E-state index is 12.4. The molecular weight excluding hydrogens is 286 g/mol. The van der Waals surface area contributed by atoms with Crippen LogP contribution in [0.4, 0.5) is 4.79 Å². The Labute approximate surface area is 137 Å². The highest BCUT2D eigenvalue weighted by atomic mass is 16.2. The summed E-state index contributed by atoms with van der Waals surface area (Å²) in [6.07, 6.45) is 4.56. The third kappa shape index (κ3) is 3.89. The fraction of sp³-hybridized carbons (Fsp3) is 0.368. The van der Waals surface area contributed by atoms with Crippen molar-refractivity contribution in [2.24, 2.45) is 5.92 Å². The summed E-state index contributed by atoms with van der Waals surface area (Å²) in [5.74, 6) is 1.01. The van der Waals surface area contributed by atoms with Crippen molar-refractivity contribution >= 4 is 6.03 Å². The number of carbonyl (C=O) groups excluding carboxylic acids is 1. The van der Waals surface area contributed by atoms with Crippen molar-refractivity contribution in [1.29, 1.82) is 0 Å². The minimum atomic E-state index is 0.0154. The molecule has 0 spiro atoms. The summed E-state index contributed by atoms with van der Waals surface area (Å²) in [7, 11) is 0. The van der Waals surface area contributed by atoms with Gasteiger partial charge in [0.2, 0.25) is 0 Å². The second-order valence-corrected chi connectivity index (χ2v) is 6.25. The number of urea groups is 1. The van der Waals surface area contributed by atoms with E-state index < -0.39 is 0 Å². The quantitative estimate of drug-likeness (QED) is 0.944. The Morgan fingerprint density at radius 3 is 2.83 bits per heavy atom. The van der Waals surface area contributed by atoms with Crippen LogP contribution in [0.3, 0.4) is 0 Å². The highest BCUT2D eigenvalue weighted by Gasteiger charge is 2.29. The van der Waals surface area contributed by atoms with Gasteiger partial charge in [0, 0.05) is 37.9 Å². The number of likely N-dealkylation sites (tertiary alicyclic amines) is 1. The summed E-state index contributed by atoms with van der Waals surface area (Å²) in [6.45, 7) is 4.41. The molecule has 1 fully saturated rings. The van der Waals surface area contributed by atoms with Crippen LogP contribution in [0.15, 0.2) is 54.9 Å². The second kappa shape index (κ2) is 7.27. The van der Waals surface area contributed by atoms with Gasteiger partial charge in [0.25, 0.3) is 0 Å². The molecule has 0 radical (unpaired) electrons. The zero-order valence-corrected chi connectivity index (χ0v) is 13.5. The Balaban J connectivity index is 1.60. The number of amides is 2. The van der Waals surface area contributed by atoms with Gasteiger partial charge in [0.15, 0.2) is 0 Å². The number of carbonyl (C=O) groups is 1. The molecule has 2 heterocycles. The maximum Gasteiger partial charge on any atom is 0.317 e. The molecule has 1 aliphatic rings. The van der Waals surface area contributed by atoms with E-state index >= 15 is 0 Å². The fourth-order valence-corrected chi connectivity index (χ4v) is 3.18. The lowest BCUT2D eigenvalue weighted by Crippen LogP contribution is -2.46. The topological polar surface area (TPSA) is 45.2 Å². The molecule has 120 valence electrons. The Hall–Kier alpha value is -2.36. The minimum absolute atomic E-state index is 0.0154. The van der Waals surface area contributed by atoms with Crippen LogP contribution in [-0.4, -0.2) is 29.0 Å². The van der Waals surface area contributed by atoms with Crippen LogP contribution in [0, 0.1) is 5.92 Å². The predicted molar refractivity (Wildman–Crippen MR) is 91.0 cm³/mol. The van der Waals surface area contributed by atoms with Crippen LogP contribution in [0.5, 0.6) is 0 Å². The molecule has 23 heavy (non-hydrogen) atoms. The second-order valence-electron chi connectivity index (χ2n) is 6.25. The van der Waals surface area contributed by atoms with Crippen LogP contribution < -0.4 is 5.32 Å². The van der Waals surface area contributed by atoms with Gasteiger partial charge in [-0.1, -0.05) is 43.3 Å². The molecule has 2 atom stereocenters. The minimum Gasteiger partial charge on any atom is -0.334 e. The van der Waals surface area contributed by atoms with Crippen molar-refractivity contribution < 1.29 is 4.79 Å². The summed E-state index contributed by atoms with van der Waals surface area (Å²) in [5, 5.41) is 3.00. The third-order valence-electron chi connectivity index (χ3n) is 4.64. The summed E-state index contributed by atoms with van der Waals surface area (Å²) in [6, 6.07) is 14.4. The molecule has 1 N–H and O–H groups in total. The summed E-state index contributed by atoms with van der Waals surface area (Å²) < 4.78 is 0. The Kier molecular flexibility index (Phi) is 4.91. The lowest BCUT2D eigenvalue weighted by Gasteiger charge is -2.37. The fourth-order valence-electron chi connectivity index (χ4n) is 3.18. The summed E-state index contributed by atoms with van der Waals surface area (Å²) in [5.41, 5.74) is 2.34. The lowest BCUT2D eigenvalue weighted by atomic mass is 9.82. The van der Waals surface area contributed by atoms with Crippen molar-refractivity contribution in [3.05, 3.63) is 66.0 Å². The third-order valence-corrected chi connectivity index (χ3v) is 4.64. The molecule has 2 amide bonds. The van der Waals surface area contributed by atoms with Gasteiger partial charge < -0.3 is 10.2 Å². The van der Waals surface area contributed by atoms with Crippen LogP contribution in [0.25, 0.3) is 0 Å². The van der Waals surface area contributed by atoms with Gasteiger partial charge in [-0.05, 0) is 29.5 Å². The van der Waals surface area contributed by atoms with E-state index in [1.54, 1.807) is 12.4 Å². The first kappa shape index (κ1) is 15.5. The van der Waals surface area contributed by atoms with E-state index in [1.165, 1.54) is 5.56 Å². The zero-order valence-electron chi connectivity index (χ0n) is 13.5. The molecule has 1 aromatic heterocycles. The standard InChI is InChI=1S/C19H23N3O/c1-15-9-11-22(14-18(15)17-7-3-2-4-8-17)19(23)21-13-16-6-5-10-20-12-16/h2-8,10,12,15,18H,9,11,13-14H2,1H3,(H,21,23). The van der Waals surface area contributed by atoms with Gasteiger partial charge in [-0.2, -0.15) is 0 Å². The van der Waals surface area contributed by atoms with Gasteiger partial charge in [-0.25, -0.2) is 4.79 Å². The largest absolute Gasteiger partial charge is 0.334 e. The molecule has 1 aromatic carbocycles. The predicted octanol–water partition coefficient (Wildman–Crippen LogP) is 3.42. The highest BCUT2D eigenvalue weighted by molar-refractivity contribution is 5.74. The van der Waals surface area contributed by atoms with E-state index in [0.717, 1.165) is 25.1 Å². The molecule has 0 saturated carbocycles. The highest BCUT2D eigenvalue weighted by Crippen LogP contribution is 2.31. The zero-order chi connectivity index (χ0) is 16.1. The number of piperidine rings is 1. The normalized spacial score (nSPS) is 21.0. The van der Waals surface area contributed by atoms with E-state index in [4.69, 9.17) is 0 Å². The number of nitrogens with zero attached hydrogens (tertiary/aromatic N) is 2. The number of hydrogen-bond acceptors (Lipinski definition) is 2. The average molecular weight is 309 g/mol. The molecular formula is C19H23N3O. The lowest BCUT2D eigenvalue weighted by molar-refractivity contribution is 0.161. The first-order valence-electron chi connectivity index (χ1n) is 8.20. The van der Waals surface area contributed by atoms with Crippen molar-refractivity contribution in [1.82, 2.24) is 15.2 Å². The van der Waals surface area contributed by atoms with Crippen molar-refractivity contribution in [3.8, 4) is 0 Å². The molecule has 4 nitrogen and oxygen atoms in total. The number of hydrogen-bond donors (Lipinski definition) is 1. The van der Waals surface area contributed by atoms with Crippen LogP contribution in [0.2, 0.25) is 0 Å². The molecule has 0 aliphatic carbocycles. The van der Waals surface area contributed by atoms with Crippen LogP contribution in [0.1, 0.15) is 30.4 Å². The Morgan fingerprint density at radius 2 is 2.09 bits per heavy atom. The molecule has 1 saturated heterocycles. The smallest absolute Gasteiger partial charge is 0.317 e. The van der Waals surface area contributed by atoms with Crippen LogP contribution >= 0.6 is 0 Å². The van der Waals surface area contributed by atoms with Gasteiger partial charge >= 0.3 is 6.03 Å². The van der Waals surface area contributed by atoms with Gasteiger partial charge in [-0.3, -0.25) is 4.98 Å². The SMILES string of the molecule is CC1CCN(C(=O)NCc2cccnc2)CC1c1ccccc1. The molecule has 3 rings (SSSR count). The van der Waals surface area contributed by atoms with Crippen LogP contribution in [-0.2, 0) is 6.54 Å². The molecule has 2 unspecified atom stereocenters. The van der Waals surface area contributed by atoms with Gasteiger partial charge in [-0.15, -0.1) is 0 Å². The number of pyridine rings is 1. The van der Waals surface area contributed by atoms with E-state index in [1.807, 2.05) is 23.1 Å². The van der Waals surface area contributed by atoms with Gasteiger partial charge in [0.05, 0.1) is 0 Å². The summed E-state index contributed by atoms with van der Waals surface area (Å²) >= 11 is 0. The number of rotatable bonds is 3. The van der Waals surface area contributed by atoms with Crippen molar-refractivity contribution in [2.45, 2.75) is 25.8 Å². The van der Waals surface area contributed by atoms with Crippen molar-refractivity contribution in [2.75, 3.05) is 13.1 Å². The van der Waals surface area contributed by atoms with Gasteiger partial charge in [0.1, 0.15) is 0 Å². The Morgan fingerprint density at radius 1 is 1.26 bits per heavy atom. The van der Waals surface area contributed by atoms with E-state index in [-0.39, 0.29) is 6.03 Å². The molecule has 1 aliphatic heterocycles. The van der Waals surface area contributed by atoms with Crippen molar-refractivity contribution in [3.63, 3.8) is 0 Å². The monoisotopic (exact) mass is 309 g/mol. The molecule has 0 bridgehead atoms. The first-order chi connectivity index (χ1) is 11.2. The number of nitrogens with one attached hydrogen (secondary N) is 1. The van der Waals surface area contributed by atoms with E-state index in [0.29, 0.717) is 18.4 Å². The summed E-state index contributed by atoms with van der Waals surface area (Å²) in [4.78, 5) is 18.5. The van der Waals surface area contributed by atoms with E-state index in [2.05, 4.69) is 41.5 Å². The maximum atomic E-state index is 12.4. The number of benzene rings is 1. The molecule has 4 heteroatoms. The average Bonchev–Trinajstić information content (AvgIpc) is 2.62. The molecule has 2 aromatic rings. The van der Waals surface area contributed by atoms with E-state index in [9.17, 15) is 4.79 Å². The number of aromatic nitrogens is 1.